The Hall–Kier alpha value is 0.01000. The van der Waals surface area contributed by atoms with Crippen LogP contribution in [0.5, 0.6) is 0 Å². The summed E-state index contributed by atoms with van der Waals surface area (Å²) in [4.78, 5) is 0. The van der Waals surface area contributed by atoms with Crippen molar-refractivity contribution in [2.45, 2.75) is 20.0 Å². The van der Waals surface area contributed by atoms with Gasteiger partial charge in [0.1, 0.15) is 0 Å². The molecule has 12 heavy (non-hydrogen) atoms. The highest BCUT2D eigenvalue weighted by molar-refractivity contribution is 7.80. The Labute approximate surface area is 80.4 Å². The minimum Gasteiger partial charge on any atom is -0.379 e. The molecule has 0 fully saturated rings. The molecule has 0 aliphatic rings. The van der Waals surface area contributed by atoms with Gasteiger partial charge in [-0.25, -0.2) is 0 Å². The Morgan fingerprint density at radius 3 is 2.75 bits per heavy atom. The minimum absolute atomic E-state index is 0.140. The molecule has 1 unspecified atom stereocenters. The normalized spacial score (nSPS) is 12.9. The van der Waals surface area contributed by atoms with Gasteiger partial charge in [0.05, 0.1) is 19.3 Å². The molecule has 0 rings (SSSR count). The number of ether oxygens (including phenoxy) is 2. The smallest absolute Gasteiger partial charge is 0.0784 e. The van der Waals surface area contributed by atoms with Crippen LogP contribution < -0.4 is 0 Å². The molecule has 0 aliphatic heterocycles. The fraction of sp³-hybridized carbons (Fsp3) is 0.778. The van der Waals surface area contributed by atoms with Gasteiger partial charge in [-0.1, -0.05) is 6.58 Å². The molecule has 0 aliphatic carbocycles. The number of hydrogen-bond acceptors (Lipinski definition) is 3. The Kier molecular flexibility index (Phi) is 7.65. The first-order chi connectivity index (χ1) is 5.70. The fourth-order valence-corrected chi connectivity index (χ4v) is 0.729. The fourth-order valence-electron chi connectivity index (χ4n) is 0.638. The van der Waals surface area contributed by atoms with E-state index in [1.165, 1.54) is 0 Å². The van der Waals surface area contributed by atoms with Gasteiger partial charge in [-0.15, -0.1) is 0 Å². The van der Waals surface area contributed by atoms with Crippen molar-refractivity contribution in [3.63, 3.8) is 0 Å². The van der Waals surface area contributed by atoms with Crippen molar-refractivity contribution in [2.24, 2.45) is 0 Å². The van der Waals surface area contributed by atoms with Gasteiger partial charge in [-0.05, 0) is 19.4 Å². The summed E-state index contributed by atoms with van der Waals surface area (Å²) < 4.78 is 10.6. The van der Waals surface area contributed by atoms with Crippen LogP contribution in [0.25, 0.3) is 0 Å². The predicted molar refractivity (Wildman–Crippen MR) is 54.9 cm³/mol. The zero-order valence-corrected chi connectivity index (χ0v) is 8.77. The van der Waals surface area contributed by atoms with Crippen LogP contribution in [0.3, 0.4) is 0 Å². The lowest BCUT2D eigenvalue weighted by molar-refractivity contribution is 0.00620. The van der Waals surface area contributed by atoms with Gasteiger partial charge in [-0.2, -0.15) is 12.6 Å². The molecule has 0 bridgehead atoms. The van der Waals surface area contributed by atoms with Gasteiger partial charge in [0.2, 0.25) is 0 Å². The van der Waals surface area contributed by atoms with Crippen molar-refractivity contribution >= 4 is 12.6 Å². The van der Waals surface area contributed by atoms with Gasteiger partial charge in [0, 0.05) is 12.4 Å². The third-order valence-electron chi connectivity index (χ3n) is 1.35. The summed E-state index contributed by atoms with van der Waals surface area (Å²) in [5.74, 6) is 0.682. The SMILES string of the molecule is C=C(CS)COC(C)COCC. The van der Waals surface area contributed by atoms with E-state index in [0.29, 0.717) is 19.0 Å². The van der Waals surface area contributed by atoms with E-state index >= 15 is 0 Å². The summed E-state index contributed by atoms with van der Waals surface area (Å²) >= 11 is 4.08. The topological polar surface area (TPSA) is 18.5 Å². The van der Waals surface area contributed by atoms with Crippen LogP contribution in [0.4, 0.5) is 0 Å². The van der Waals surface area contributed by atoms with E-state index in [1.54, 1.807) is 0 Å². The van der Waals surface area contributed by atoms with E-state index < -0.39 is 0 Å². The number of hydrogen-bond donors (Lipinski definition) is 1. The van der Waals surface area contributed by atoms with Gasteiger partial charge >= 0.3 is 0 Å². The van der Waals surface area contributed by atoms with Gasteiger partial charge in [0.15, 0.2) is 0 Å². The van der Waals surface area contributed by atoms with Gasteiger partial charge in [0.25, 0.3) is 0 Å². The lowest BCUT2D eigenvalue weighted by Crippen LogP contribution is -2.17. The van der Waals surface area contributed by atoms with Crippen molar-refractivity contribution in [2.75, 3.05) is 25.6 Å². The zero-order valence-electron chi connectivity index (χ0n) is 7.88. The lowest BCUT2D eigenvalue weighted by Gasteiger charge is -2.12. The van der Waals surface area contributed by atoms with Crippen LogP contribution in [0.1, 0.15) is 13.8 Å². The Bertz CT molecular complexity index is 126. The van der Waals surface area contributed by atoms with E-state index in [4.69, 9.17) is 9.47 Å². The predicted octanol–water partition coefficient (Wildman–Crippen LogP) is 1.91. The molecular weight excluding hydrogens is 172 g/mol. The highest BCUT2D eigenvalue weighted by Gasteiger charge is 2.01. The number of thiol groups is 1. The highest BCUT2D eigenvalue weighted by atomic mass is 32.1. The van der Waals surface area contributed by atoms with Crippen LogP contribution in [0, 0.1) is 0 Å². The second-order valence-electron chi connectivity index (χ2n) is 2.69. The molecule has 0 amide bonds. The molecule has 0 heterocycles. The Balaban J connectivity index is 3.30. The molecule has 3 heteroatoms. The van der Waals surface area contributed by atoms with Gasteiger partial charge < -0.3 is 9.47 Å². The molecule has 0 aromatic carbocycles. The molecule has 0 radical (unpaired) electrons. The maximum Gasteiger partial charge on any atom is 0.0784 e. The van der Waals surface area contributed by atoms with Crippen LogP contribution in [-0.4, -0.2) is 31.7 Å². The zero-order chi connectivity index (χ0) is 9.40. The first-order valence-electron chi connectivity index (χ1n) is 4.17. The monoisotopic (exact) mass is 190 g/mol. The molecule has 72 valence electrons. The molecule has 0 spiro atoms. The molecule has 0 aromatic rings. The summed E-state index contributed by atoms with van der Waals surface area (Å²) in [6, 6.07) is 0. The van der Waals surface area contributed by atoms with Crippen molar-refractivity contribution in [3.05, 3.63) is 12.2 Å². The molecule has 2 nitrogen and oxygen atoms in total. The standard InChI is InChI=1S/C9H18O2S/c1-4-10-6-9(3)11-5-8(2)7-12/h9,12H,2,4-7H2,1,3H3. The molecule has 0 N–H and O–H groups in total. The van der Waals surface area contributed by atoms with Crippen molar-refractivity contribution < 1.29 is 9.47 Å². The maximum atomic E-state index is 5.42. The summed E-state index contributed by atoms with van der Waals surface area (Å²) in [6.07, 6.45) is 0.140. The van der Waals surface area contributed by atoms with Gasteiger partial charge in [-0.3, -0.25) is 0 Å². The van der Waals surface area contributed by atoms with Crippen molar-refractivity contribution in [1.82, 2.24) is 0 Å². The van der Waals surface area contributed by atoms with E-state index in [1.807, 2.05) is 13.8 Å². The van der Waals surface area contributed by atoms with Crippen LogP contribution in [-0.2, 0) is 9.47 Å². The summed E-state index contributed by atoms with van der Waals surface area (Å²) in [5.41, 5.74) is 1.00. The second kappa shape index (κ2) is 7.65. The molecule has 0 saturated carbocycles. The van der Waals surface area contributed by atoms with Crippen LogP contribution in [0.2, 0.25) is 0 Å². The number of rotatable bonds is 7. The maximum absolute atomic E-state index is 5.42. The summed E-state index contributed by atoms with van der Waals surface area (Å²) in [6.45, 7) is 9.71. The third kappa shape index (κ3) is 6.70. The van der Waals surface area contributed by atoms with E-state index in [2.05, 4.69) is 19.2 Å². The Morgan fingerprint density at radius 2 is 2.25 bits per heavy atom. The lowest BCUT2D eigenvalue weighted by atomic mass is 10.3. The molecule has 0 saturated heterocycles. The average Bonchev–Trinajstić information content (AvgIpc) is 2.10. The first-order valence-corrected chi connectivity index (χ1v) is 4.80. The highest BCUT2D eigenvalue weighted by Crippen LogP contribution is 1.98. The van der Waals surface area contributed by atoms with E-state index in [9.17, 15) is 0 Å². The summed E-state index contributed by atoms with van der Waals surface area (Å²) in [5, 5.41) is 0. The Morgan fingerprint density at radius 1 is 1.58 bits per heavy atom. The van der Waals surface area contributed by atoms with Crippen molar-refractivity contribution in [1.29, 1.82) is 0 Å². The molecule has 0 aromatic heterocycles. The minimum atomic E-state index is 0.140. The molecule has 1 atom stereocenters. The van der Waals surface area contributed by atoms with Crippen LogP contribution >= 0.6 is 12.6 Å². The summed E-state index contributed by atoms with van der Waals surface area (Å²) in [7, 11) is 0. The molecular formula is C9H18O2S. The average molecular weight is 190 g/mol. The quantitative estimate of drug-likeness (QED) is 0.488. The third-order valence-corrected chi connectivity index (χ3v) is 1.80. The second-order valence-corrected chi connectivity index (χ2v) is 3.01. The van der Waals surface area contributed by atoms with Crippen molar-refractivity contribution in [3.8, 4) is 0 Å². The van der Waals surface area contributed by atoms with Crippen LogP contribution in [0.15, 0.2) is 12.2 Å². The largest absolute Gasteiger partial charge is 0.379 e. The van der Waals surface area contributed by atoms with E-state index in [-0.39, 0.29) is 6.10 Å². The van der Waals surface area contributed by atoms with E-state index in [0.717, 1.165) is 12.2 Å². The first kappa shape index (κ1) is 12.0.